The Hall–Kier alpha value is -2.99. The van der Waals surface area contributed by atoms with Gasteiger partial charge in [0.25, 0.3) is 0 Å². The van der Waals surface area contributed by atoms with Crippen LogP contribution in [-0.2, 0) is 6.54 Å². The van der Waals surface area contributed by atoms with Crippen molar-refractivity contribution in [2.75, 3.05) is 0 Å². The van der Waals surface area contributed by atoms with Gasteiger partial charge in [0.05, 0.1) is 10.4 Å². The molecule has 116 valence electrons. The van der Waals surface area contributed by atoms with Gasteiger partial charge in [-0.05, 0) is 28.1 Å². The maximum absolute atomic E-state index is 4.04. The Labute approximate surface area is 141 Å². The maximum atomic E-state index is 4.04. The number of nitrogens with zero attached hydrogens (tertiary/aromatic N) is 4. The van der Waals surface area contributed by atoms with Gasteiger partial charge in [-0.15, -0.1) is 16.4 Å². The molecule has 3 heterocycles. The van der Waals surface area contributed by atoms with Crippen molar-refractivity contribution >= 4 is 32.5 Å². The number of aromatic amines is 1. The number of thiophene rings is 1. The highest BCUT2D eigenvalue weighted by Crippen LogP contribution is 2.38. The molecule has 0 atom stereocenters. The third-order valence-corrected chi connectivity index (χ3v) is 5.37. The van der Waals surface area contributed by atoms with Crippen molar-refractivity contribution in [3.63, 3.8) is 0 Å². The largest absolute Gasteiger partial charge is 0.328 e. The van der Waals surface area contributed by atoms with E-state index in [-0.39, 0.29) is 0 Å². The van der Waals surface area contributed by atoms with E-state index in [2.05, 4.69) is 79.8 Å². The number of hydrogen-bond donors (Lipinski definition) is 1. The molecule has 3 aromatic heterocycles. The molecule has 24 heavy (non-hydrogen) atoms. The number of tetrazole rings is 1. The summed E-state index contributed by atoms with van der Waals surface area (Å²) in [5.41, 5.74) is 2.54. The summed E-state index contributed by atoms with van der Waals surface area (Å²) >= 11 is 1.72. The fourth-order valence-electron chi connectivity index (χ4n) is 3.12. The number of aromatic nitrogens is 5. The molecule has 0 fully saturated rings. The van der Waals surface area contributed by atoms with Gasteiger partial charge < -0.3 is 4.57 Å². The fourth-order valence-corrected chi connectivity index (χ4v) is 4.24. The standard InChI is InChI=1S/C18H13N5S/c1-2-6-12(7-3-1)11-23-15-9-5-4-8-13(15)14-10-16(24-18(14)23)17-19-21-22-20-17/h1-10H,11H2,(H,19,20,21,22). The summed E-state index contributed by atoms with van der Waals surface area (Å²) in [7, 11) is 0. The van der Waals surface area contributed by atoms with E-state index >= 15 is 0 Å². The van der Waals surface area contributed by atoms with Crippen LogP contribution in [0.1, 0.15) is 5.56 Å². The summed E-state index contributed by atoms with van der Waals surface area (Å²) in [5, 5.41) is 16.8. The topological polar surface area (TPSA) is 59.4 Å². The van der Waals surface area contributed by atoms with Gasteiger partial charge in [0.1, 0.15) is 4.83 Å². The molecule has 0 aliphatic heterocycles. The Morgan fingerprint density at radius 3 is 2.62 bits per heavy atom. The van der Waals surface area contributed by atoms with Crippen LogP contribution in [0.2, 0.25) is 0 Å². The molecule has 6 heteroatoms. The SMILES string of the molecule is c1ccc(Cn2c3ccccc3c3cc(-c4nnn[nH]4)sc32)cc1. The van der Waals surface area contributed by atoms with Crippen LogP contribution in [0.25, 0.3) is 31.8 Å². The van der Waals surface area contributed by atoms with Crippen molar-refractivity contribution in [1.29, 1.82) is 0 Å². The Bertz CT molecular complexity index is 1120. The van der Waals surface area contributed by atoms with Crippen molar-refractivity contribution in [2.45, 2.75) is 6.54 Å². The van der Waals surface area contributed by atoms with Crippen LogP contribution in [0.15, 0.2) is 60.7 Å². The molecule has 0 aliphatic rings. The number of fused-ring (bicyclic) bond motifs is 3. The first-order valence-corrected chi connectivity index (χ1v) is 8.50. The van der Waals surface area contributed by atoms with Crippen molar-refractivity contribution in [3.8, 4) is 10.7 Å². The lowest BCUT2D eigenvalue weighted by atomic mass is 10.2. The zero-order valence-corrected chi connectivity index (χ0v) is 13.5. The molecule has 0 saturated carbocycles. The fraction of sp³-hybridized carbons (Fsp3) is 0.0556. The van der Waals surface area contributed by atoms with Crippen LogP contribution in [0, 0.1) is 0 Å². The molecule has 0 spiro atoms. The van der Waals surface area contributed by atoms with Gasteiger partial charge in [-0.1, -0.05) is 48.5 Å². The van der Waals surface area contributed by atoms with Gasteiger partial charge in [-0.25, -0.2) is 5.10 Å². The van der Waals surface area contributed by atoms with E-state index in [1.54, 1.807) is 11.3 Å². The van der Waals surface area contributed by atoms with Gasteiger partial charge in [-0.2, -0.15) is 0 Å². The number of nitrogens with one attached hydrogen (secondary N) is 1. The summed E-state index contributed by atoms with van der Waals surface area (Å²) in [4.78, 5) is 2.30. The summed E-state index contributed by atoms with van der Waals surface area (Å²) < 4.78 is 2.37. The van der Waals surface area contributed by atoms with Crippen molar-refractivity contribution in [1.82, 2.24) is 25.2 Å². The molecule has 1 N–H and O–H groups in total. The summed E-state index contributed by atoms with van der Waals surface area (Å²) in [6, 6.07) is 21.2. The Morgan fingerprint density at radius 1 is 0.958 bits per heavy atom. The second-order valence-electron chi connectivity index (χ2n) is 5.67. The molecule has 0 saturated heterocycles. The zero-order chi connectivity index (χ0) is 15.9. The van der Waals surface area contributed by atoms with Crippen LogP contribution >= 0.6 is 11.3 Å². The Kier molecular flexibility index (Phi) is 2.96. The first kappa shape index (κ1) is 13.4. The van der Waals surface area contributed by atoms with E-state index in [1.807, 2.05) is 6.07 Å². The monoisotopic (exact) mass is 331 g/mol. The number of hydrogen-bond acceptors (Lipinski definition) is 4. The minimum absolute atomic E-state index is 0.714. The zero-order valence-electron chi connectivity index (χ0n) is 12.7. The predicted molar refractivity (Wildman–Crippen MR) is 96.0 cm³/mol. The average molecular weight is 331 g/mol. The van der Waals surface area contributed by atoms with Crippen LogP contribution in [0.4, 0.5) is 0 Å². The molecule has 2 aromatic carbocycles. The summed E-state index contributed by atoms with van der Waals surface area (Å²) in [6.07, 6.45) is 0. The number of para-hydroxylation sites is 1. The molecule has 0 amide bonds. The number of H-pyrrole nitrogens is 1. The normalized spacial score (nSPS) is 11.5. The van der Waals surface area contributed by atoms with Crippen molar-refractivity contribution in [3.05, 3.63) is 66.2 Å². The lowest BCUT2D eigenvalue weighted by Crippen LogP contribution is -1.97. The van der Waals surface area contributed by atoms with Crippen molar-refractivity contribution < 1.29 is 0 Å². The van der Waals surface area contributed by atoms with Gasteiger partial charge in [-0.3, -0.25) is 0 Å². The van der Waals surface area contributed by atoms with Gasteiger partial charge in [0.2, 0.25) is 0 Å². The van der Waals surface area contributed by atoms with Gasteiger partial charge in [0.15, 0.2) is 5.82 Å². The maximum Gasteiger partial charge on any atom is 0.189 e. The molecule has 0 unspecified atom stereocenters. The van der Waals surface area contributed by atoms with E-state index < -0.39 is 0 Å². The van der Waals surface area contributed by atoms with Crippen LogP contribution < -0.4 is 0 Å². The highest BCUT2D eigenvalue weighted by Gasteiger charge is 2.16. The molecule has 0 bridgehead atoms. The number of benzene rings is 2. The molecule has 5 nitrogen and oxygen atoms in total. The van der Waals surface area contributed by atoms with E-state index in [9.17, 15) is 0 Å². The second-order valence-corrected chi connectivity index (χ2v) is 6.70. The predicted octanol–water partition coefficient (Wildman–Crippen LogP) is 4.08. The smallest absolute Gasteiger partial charge is 0.189 e. The minimum Gasteiger partial charge on any atom is -0.328 e. The third kappa shape index (κ3) is 2.04. The van der Waals surface area contributed by atoms with E-state index in [0.29, 0.717) is 5.82 Å². The molecule has 0 aliphatic carbocycles. The Morgan fingerprint density at radius 2 is 1.79 bits per heavy atom. The van der Waals surface area contributed by atoms with Crippen molar-refractivity contribution in [2.24, 2.45) is 0 Å². The molecular weight excluding hydrogens is 318 g/mol. The summed E-state index contributed by atoms with van der Waals surface area (Å²) in [5.74, 6) is 0.714. The summed E-state index contributed by atoms with van der Waals surface area (Å²) in [6.45, 7) is 0.847. The molecule has 0 radical (unpaired) electrons. The average Bonchev–Trinajstić information content (AvgIpc) is 3.33. The quantitative estimate of drug-likeness (QED) is 0.542. The third-order valence-electron chi connectivity index (χ3n) is 4.20. The number of rotatable bonds is 3. The van der Waals surface area contributed by atoms with Gasteiger partial charge in [0, 0.05) is 17.3 Å². The first-order valence-electron chi connectivity index (χ1n) is 7.69. The molecule has 5 rings (SSSR count). The van der Waals surface area contributed by atoms with E-state index in [4.69, 9.17) is 0 Å². The van der Waals surface area contributed by atoms with E-state index in [0.717, 1.165) is 11.4 Å². The Balaban J connectivity index is 1.76. The lowest BCUT2D eigenvalue weighted by Gasteiger charge is -2.06. The molecule has 5 aromatic rings. The van der Waals surface area contributed by atoms with Crippen LogP contribution in [0.3, 0.4) is 0 Å². The van der Waals surface area contributed by atoms with Gasteiger partial charge >= 0.3 is 0 Å². The first-order chi connectivity index (χ1) is 11.9. The van der Waals surface area contributed by atoms with Crippen LogP contribution in [-0.4, -0.2) is 25.2 Å². The van der Waals surface area contributed by atoms with E-state index in [1.165, 1.54) is 26.7 Å². The highest BCUT2D eigenvalue weighted by molar-refractivity contribution is 7.22. The lowest BCUT2D eigenvalue weighted by molar-refractivity contribution is 0.875. The molecular formula is C18H13N5S. The minimum atomic E-state index is 0.714. The van der Waals surface area contributed by atoms with Crippen LogP contribution in [0.5, 0.6) is 0 Å². The highest BCUT2D eigenvalue weighted by atomic mass is 32.1. The second kappa shape index (κ2) is 5.28.